The summed E-state index contributed by atoms with van der Waals surface area (Å²) in [7, 11) is 0. The smallest absolute Gasteiger partial charge is 0.136 e. The van der Waals surface area contributed by atoms with Crippen LogP contribution in [-0.2, 0) is 0 Å². The molecule has 1 aliphatic rings. The quantitative estimate of drug-likeness (QED) is 0.789. The zero-order chi connectivity index (χ0) is 10.8. The van der Waals surface area contributed by atoms with Gasteiger partial charge in [-0.25, -0.2) is 0 Å². The summed E-state index contributed by atoms with van der Waals surface area (Å²) in [5.74, 6) is -0.00836. The lowest BCUT2D eigenvalue weighted by Crippen LogP contribution is -2.17. The van der Waals surface area contributed by atoms with E-state index in [0.717, 1.165) is 25.9 Å². The van der Waals surface area contributed by atoms with Gasteiger partial charge in [0.2, 0.25) is 0 Å². The van der Waals surface area contributed by atoms with Crippen molar-refractivity contribution in [3.05, 3.63) is 22.1 Å². The second kappa shape index (κ2) is 4.06. The Kier molecular flexibility index (Phi) is 2.77. The molecule has 1 saturated heterocycles. The molecule has 0 spiro atoms. The van der Waals surface area contributed by atoms with Gasteiger partial charge in [-0.2, -0.15) is 0 Å². The van der Waals surface area contributed by atoms with Gasteiger partial charge >= 0.3 is 0 Å². The Morgan fingerprint density at radius 1 is 1.33 bits per heavy atom. The number of hydrogen-bond donors (Lipinski definition) is 1. The summed E-state index contributed by atoms with van der Waals surface area (Å²) < 4.78 is 0. The molecule has 5 heteroatoms. The maximum absolute atomic E-state index is 10.6. The first-order valence-corrected chi connectivity index (χ1v) is 5.21. The van der Waals surface area contributed by atoms with Crippen molar-refractivity contribution in [3.63, 3.8) is 0 Å². The average molecular weight is 227 g/mol. The van der Waals surface area contributed by atoms with Crippen LogP contribution in [-0.4, -0.2) is 18.2 Å². The minimum Gasteiger partial charge on any atom is -0.506 e. The summed E-state index contributed by atoms with van der Waals surface area (Å²) in [6.45, 7) is 1.78. The van der Waals surface area contributed by atoms with Crippen LogP contribution in [0.5, 0.6) is 5.75 Å². The highest BCUT2D eigenvalue weighted by Crippen LogP contribution is 2.38. The van der Waals surface area contributed by atoms with Gasteiger partial charge in [0.1, 0.15) is 11.4 Å². The number of hydrogen-bond acceptors (Lipinski definition) is 4. The van der Waals surface area contributed by atoms with Gasteiger partial charge in [0, 0.05) is 19.2 Å². The summed E-state index contributed by atoms with van der Waals surface area (Å²) in [5.41, 5.74) is 0.962. The molecule has 0 radical (unpaired) electrons. The Morgan fingerprint density at radius 2 is 2.00 bits per heavy atom. The molecule has 0 saturated carbocycles. The van der Waals surface area contributed by atoms with Crippen molar-refractivity contribution in [2.45, 2.75) is 12.8 Å². The summed E-state index contributed by atoms with van der Waals surface area (Å²) >= 11 is 5.70. The van der Waals surface area contributed by atoms with Crippen molar-refractivity contribution < 1.29 is 5.11 Å². The molecule has 0 unspecified atom stereocenters. The number of phenolic OH excluding ortho intramolecular Hbond substituents is 1. The van der Waals surface area contributed by atoms with Gasteiger partial charge in [-0.1, -0.05) is 11.6 Å². The standard InChI is InChI=1S/C10H11ClN2O2/c11-7-5-8(12-15)9(6-10(7)14)13-3-1-2-4-13/h5-6,14H,1-4H2. The zero-order valence-corrected chi connectivity index (χ0v) is 8.87. The Labute approximate surface area is 92.4 Å². The number of rotatable bonds is 2. The predicted molar refractivity (Wildman–Crippen MR) is 60.0 cm³/mol. The van der Waals surface area contributed by atoms with Crippen LogP contribution in [0, 0.1) is 4.91 Å². The molecule has 1 fully saturated rings. The Hall–Kier alpha value is -1.29. The molecule has 15 heavy (non-hydrogen) atoms. The maximum atomic E-state index is 10.6. The van der Waals surface area contributed by atoms with E-state index in [-0.39, 0.29) is 10.8 Å². The number of nitroso groups, excluding NO2 is 1. The molecule has 0 bridgehead atoms. The highest BCUT2D eigenvalue weighted by atomic mass is 35.5. The highest BCUT2D eigenvalue weighted by molar-refractivity contribution is 6.32. The third-order valence-corrected chi connectivity index (χ3v) is 2.89. The SMILES string of the molecule is O=Nc1cc(Cl)c(O)cc1N1CCCC1. The fourth-order valence-corrected chi connectivity index (χ4v) is 1.98. The monoisotopic (exact) mass is 226 g/mol. The molecule has 1 heterocycles. The van der Waals surface area contributed by atoms with Crippen LogP contribution in [0.3, 0.4) is 0 Å². The maximum Gasteiger partial charge on any atom is 0.136 e. The lowest BCUT2D eigenvalue weighted by Gasteiger charge is -2.19. The van der Waals surface area contributed by atoms with Gasteiger partial charge in [0.25, 0.3) is 0 Å². The zero-order valence-electron chi connectivity index (χ0n) is 8.11. The van der Waals surface area contributed by atoms with Crippen molar-refractivity contribution in [2.24, 2.45) is 5.18 Å². The number of benzene rings is 1. The lowest BCUT2D eigenvalue weighted by atomic mass is 10.2. The van der Waals surface area contributed by atoms with Crippen LogP contribution in [0.4, 0.5) is 11.4 Å². The molecule has 0 aromatic heterocycles. The van der Waals surface area contributed by atoms with E-state index in [1.165, 1.54) is 12.1 Å². The van der Waals surface area contributed by atoms with E-state index in [1.54, 1.807) is 0 Å². The molecule has 80 valence electrons. The van der Waals surface area contributed by atoms with Crippen molar-refractivity contribution in [1.29, 1.82) is 0 Å². The summed E-state index contributed by atoms with van der Waals surface area (Å²) in [6.07, 6.45) is 2.20. The van der Waals surface area contributed by atoms with Crippen LogP contribution in [0.1, 0.15) is 12.8 Å². The molecule has 1 aliphatic heterocycles. The average Bonchev–Trinajstić information content (AvgIpc) is 2.74. The number of anilines is 1. The van der Waals surface area contributed by atoms with E-state index in [2.05, 4.69) is 5.18 Å². The molecule has 1 aromatic rings. The van der Waals surface area contributed by atoms with Gasteiger partial charge in [-0.3, -0.25) is 0 Å². The molecule has 0 atom stereocenters. The first kappa shape index (κ1) is 10.2. The van der Waals surface area contributed by atoms with E-state index in [1.807, 2.05) is 4.90 Å². The molecular formula is C10H11ClN2O2. The van der Waals surface area contributed by atoms with E-state index in [9.17, 15) is 10.0 Å². The first-order valence-electron chi connectivity index (χ1n) is 4.83. The topological polar surface area (TPSA) is 52.9 Å². The van der Waals surface area contributed by atoms with Crippen LogP contribution < -0.4 is 4.90 Å². The fourth-order valence-electron chi connectivity index (χ4n) is 1.82. The van der Waals surface area contributed by atoms with Gasteiger partial charge < -0.3 is 10.0 Å². The predicted octanol–water partition coefficient (Wildman–Crippen LogP) is 3.04. The Balaban J connectivity index is 2.43. The largest absolute Gasteiger partial charge is 0.506 e. The van der Waals surface area contributed by atoms with Crippen molar-refractivity contribution in [1.82, 2.24) is 0 Å². The van der Waals surface area contributed by atoms with E-state index < -0.39 is 0 Å². The highest BCUT2D eigenvalue weighted by Gasteiger charge is 2.18. The Bertz CT molecular complexity index is 389. The van der Waals surface area contributed by atoms with Crippen molar-refractivity contribution >= 4 is 23.0 Å². The van der Waals surface area contributed by atoms with Gasteiger partial charge in [-0.15, -0.1) is 4.91 Å². The third-order valence-electron chi connectivity index (χ3n) is 2.59. The fraction of sp³-hybridized carbons (Fsp3) is 0.400. The van der Waals surface area contributed by atoms with E-state index in [0.29, 0.717) is 11.4 Å². The summed E-state index contributed by atoms with van der Waals surface area (Å²) in [4.78, 5) is 12.7. The Morgan fingerprint density at radius 3 is 2.60 bits per heavy atom. The van der Waals surface area contributed by atoms with Gasteiger partial charge in [0.15, 0.2) is 0 Å². The number of nitrogens with zero attached hydrogens (tertiary/aromatic N) is 2. The molecular weight excluding hydrogens is 216 g/mol. The number of aromatic hydroxyl groups is 1. The van der Waals surface area contributed by atoms with Crippen molar-refractivity contribution in [3.8, 4) is 5.75 Å². The molecule has 0 aliphatic carbocycles. The second-order valence-electron chi connectivity index (χ2n) is 3.58. The van der Waals surface area contributed by atoms with Gasteiger partial charge in [0.05, 0.1) is 10.7 Å². The van der Waals surface area contributed by atoms with E-state index >= 15 is 0 Å². The number of halogens is 1. The molecule has 1 aromatic carbocycles. The molecule has 1 N–H and O–H groups in total. The summed E-state index contributed by atoms with van der Waals surface area (Å²) in [5, 5.41) is 12.6. The van der Waals surface area contributed by atoms with Gasteiger partial charge in [-0.05, 0) is 24.1 Å². The van der Waals surface area contributed by atoms with Crippen LogP contribution >= 0.6 is 11.6 Å². The molecule has 4 nitrogen and oxygen atoms in total. The number of phenols is 1. The molecule has 0 amide bonds. The third kappa shape index (κ3) is 1.90. The van der Waals surface area contributed by atoms with Crippen LogP contribution in [0.25, 0.3) is 0 Å². The molecule has 2 rings (SSSR count). The first-order chi connectivity index (χ1) is 7.22. The normalized spacial score (nSPS) is 15.7. The van der Waals surface area contributed by atoms with Crippen LogP contribution in [0.15, 0.2) is 17.3 Å². The minimum atomic E-state index is -0.00836. The lowest BCUT2D eigenvalue weighted by molar-refractivity contribution is 0.475. The van der Waals surface area contributed by atoms with Crippen LogP contribution in [0.2, 0.25) is 5.02 Å². The van der Waals surface area contributed by atoms with E-state index in [4.69, 9.17) is 11.6 Å². The second-order valence-corrected chi connectivity index (χ2v) is 3.98. The summed E-state index contributed by atoms with van der Waals surface area (Å²) in [6, 6.07) is 2.90. The van der Waals surface area contributed by atoms with Crippen molar-refractivity contribution in [2.75, 3.05) is 18.0 Å². The minimum absolute atomic E-state index is 0.00836.